The largest absolute Gasteiger partial charge is 0.358 e. The predicted octanol–water partition coefficient (Wildman–Crippen LogP) is 6.99. The van der Waals surface area contributed by atoms with Crippen molar-refractivity contribution in [1.82, 2.24) is 35.1 Å². The molecule has 6 aromatic rings. The van der Waals surface area contributed by atoms with Gasteiger partial charge in [0.1, 0.15) is 5.69 Å². The van der Waals surface area contributed by atoms with Crippen LogP contribution in [0, 0.1) is 5.41 Å². The van der Waals surface area contributed by atoms with Crippen molar-refractivity contribution in [2.75, 3.05) is 5.32 Å². The second-order valence-corrected chi connectivity index (χ2v) is 10.7. The molecule has 3 N–H and O–H groups in total. The average molecular weight is 501 g/mol. The Morgan fingerprint density at radius 2 is 1.68 bits per heavy atom. The van der Waals surface area contributed by atoms with Crippen LogP contribution in [-0.2, 0) is 0 Å². The highest BCUT2D eigenvalue weighted by molar-refractivity contribution is 5.98. The van der Waals surface area contributed by atoms with E-state index in [0.29, 0.717) is 5.82 Å². The molecule has 0 fully saturated rings. The van der Waals surface area contributed by atoms with Gasteiger partial charge in [0.2, 0.25) is 0 Å². The van der Waals surface area contributed by atoms with Gasteiger partial charge in [-0.2, -0.15) is 5.10 Å². The molecule has 0 saturated carbocycles. The van der Waals surface area contributed by atoms with Crippen molar-refractivity contribution in [3.05, 3.63) is 85.9 Å². The average Bonchev–Trinajstić information content (AvgIpc) is 3.51. The molecule has 0 aliphatic rings. The van der Waals surface area contributed by atoms with Crippen LogP contribution < -0.4 is 5.32 Å². The monoisotopic (exact) mass is 500 g/mol. The molecule has 8 nitrogen and oxygen atoms in total. The van der Waals surface area contributed by atoms with Crippen molar-refractivity contribution in [3.8, 4) is 33.8 Å². The van der Waals surface area contributed by atoms with E-state index in [2.05, 4.69) is 81.0 Å². The summed E-state index contributed by atoms with van der Waals surface area (Å²) in [6.45, 7) is 10.8. The molecule has 6 rings (SSSR count). The lowest BCUT2D eigenvalue weighted by Gasteiger charge is -2.20. The molecule has 5 heterocycles. The third kappa shape index (κ3) is 4.64. The quantitative estimate of drug-likeness (QED) is 0.227. The van der Waals surface area contributed by atoms with Gasteiger partial charge >= 0.3 is 0 Å². The van der Waals surface area contributed by atoms with Crippen LogP contribution in [0.1, 0.15) is 27.2 Å². The number of benzene rings is 1. The Hall–Kier alpha value is -4.85. The van der Waals surface area contributed by atoms with E-state index in [1.165, 1.54) is 0 Å². The summed E-state index contributed by atoms with van der Waals surface area (Å²) in [7, 11) is 0. The summed E-state index contributed by atoms with van der Waals surface area (Å²) in [5.74, 6) is 0.679. The molecule has 0 amide bonds. The van der Waals surface area contributed by atoms with Crippen molar-refractivity contribution < 1.29 is 0 Å². The van der Waals surface area contributed by atoms with E-state index in [4.69, 9.17) is 4.98 Å². The molecule has 0 unspecified atom stereocenters. The van der Waals surface area contributed by atoms with Gasteiger partial charge in [-0.3, -0.25) is 20.1 Å². The summed E-state index contributed by atoms with van der Waals surface area (Å²) in [5.41, 5.74) is 9.39. The van der Waals surface area contributed by atoms with Gasteiger partial charge in [0.15, 0.2) is 5.82 Å². The van der Waals surface area contributed by atoms with E-state index in [-0.39, 0.29) is 5.41 Å². The minimum atomic E-state index is 0.156. The molecule has 0 radical (unpaired) electrons. The van der Waals surface area contributed by atoms with Crippen LogP contribution in [0.5, 0.6) is 0 Å². The minimum Gasteiger partial charge on any atom is -0.358 e. The predicted molar refractivity (Wildman–Crippen MR) is 152 cm³/mol. The summed E-state index contributed by atoms with van der Waals surface area (Å²) in [6.07, 6.45) is 11.7. The minimum absolute atomic E-state index is 0.156. The van der Waals surface area contributed by atoms with E-state index in [0.717, 1.165) is 67.7 Å². The van der Waals surface area contributed by atoms with Crippen LogP contribution in [0.3, 0.4) is 0 Å². The Balaban J connectivity index is 1.36. The third-order valence-electron chi connectivity index (χ3n) is 6.31. The lowest BCUT2D eigenvalue weighted by atomic mass is 9.91. The SMILES string of the molecule is C=C(CC(C)(C)C)Nc1cncc(-c2ccc3[nH]nc(-c4nc5c(-c6ccncc6)cncc5[nH]4)c3c2)c1. The standard InChI is InChI=1S/C30H28N8/c1-18(13-30(2,3)4)34-22-11-21(14-32-15-22)20-5-6-25-23(12-20)28(38-37-25)29-35-26-17-33-16-24(27(26)36-29)19-7-9-31-10-8-19/h5-12,14-17,34H,1,13H2,2-4H3,(H,35,36)(H,37,38). The maximum atomic E-state index is 4.93. The fourth-order valence-electron chi connectivity index (χ4n) is 4.72. The number of aromatic nitrogens is 7. The van der Waals surface area contributed by atoms with Crippen LogP contribution >= 0.6 is 0 Å². The van der Waals surface area contributed by atoms with Crippen LogP contribution in [0.4, 0.5) is 5.69 Å². The van der Waals surface area contributed by atoms with E-state index in [1.54, 1.807) is 18.6 Å². The summed E-state index contributed by atoms with van der Waals surface area (Å²) in [4.78, 5) is 21.3. The Morgan fingerprint density at radius 1 is 0.868 bits per heavy atom. The molecule has 8 heteroatoms. The molecule has 0 atom stereocenters. The molecule has 0 bridgehead atoms. The van der Waals surface area contributed by atoms with E-state index in [1.807, 2.05) is 36.8 Å². The number of rotatable bonds is 6. The van der Waals surface area contributed by atoms with Crippen LogP contribution in [0.2, 0.25) is 0 Å². The number of nitrogens with one attached hydrogen (secondary N) is 3. The topological polar surface area (TPSA) is 108 Å². The number of allylic oxidation sites excluding steroid dienone is 1. The Labute approximate surface area is 220 Å². The fourth-order valence-corrected chi connectivity index (χ4v) is 4.72. The number of aromatic amines is 2. The Kier molecular flexibility index (Phi) is 5.72. The summed E-state index contributed by atoms with van der Waals surface area (Å²) < 4.78 is 0. The molecule has 1 aromatic carbocycles. The van der Waals surface area contributed by atoms with E-state index >= 15 is 0 Å². The highest BCUT2D eigenvalue weighted by Gasteiger charge is 2.17. The number of H-pyrrole nitrogens is 2. The molecule has 38 heavy (non-hydrogen) atoms. The maximum Gasteiger partial charge on any atom is 0.159 e. The molecule has 0 aliphatic heterocycles. The van der Waals surface area contributed by atoms with Gasteiger partial charge in [0, 0.05) is 47.0 Å². The number of fused-ring (bicyclic) bond motifs is 2. The van der Waals surface area contributed by atoms with Gasteiger partial charge in [-0.25, -0.2) is 4.98 Å². The van der Waals surface area contributed by atoms with Crippen molar-refractivity contribution in [2.24, 2.45) is 5.41 Å². The van der Waals surface area contributed by atoms with Crippen molar-refractivity contribution in [3.63, 3.8) is 0 Å². The lowest BCUT2D eigenvalue weighted by molar-refractivity contribution is 0.411. The summed E-state index contributed by atoms with van der Waals surface area (Å²) in [5, 5.41) is 12.1. The molecule has 0 saturated heterocycles. The number of imidazole rings is 1. The second-order valence-electron chi connectivity index (χ2n) is 10.7. The van der Waals surface area contributed by atoms with Crippen LogP contribution in [-0.4, -0.2) is 35.1 Å². The zero-order chi connectivity index (χ0) is 26.3. The molecule has 0 spiro atoms. The van der Waals surface area contributed by atoms with Gasteiger partial charge in [0.05, 0.1) is 34.6 Å². The van der Waals surface area contributed by atoms with Gasteiger partial charge in [-0.15, -0.1) is 0 Å². The van der Waals surface area contributed by atoms with E-state index in [9.17, 15) is 0 Å². The normalized spacial score (nSPS) is 11.8. The molecule has 0 aliphatic carbocycles. The zero-order valence-corrected chi connectivity index (χ0v) is 21.6. The first-order valence-corrected chi connectivity index (χ1v) is 12.5. The molecular weight excluding hydrogens is 472 g/mol. The van der Waals surface area contributed by atoms with Crippen molar-refractivity contribution in [2.45, 2.75) is 27.2 Å². The Morgan fingerprint density at radius 3 is 2.50 bits per heavy atom. The van der Waals surface area contributed by atoms with E-state index < -0.39 is 0 Å². The molecular formula is C30H28N8. The first kappa shape index (κ1) is 23.5. The second kappa shape index (κ2) is 9.23. The first-order chi connectivity index (χ1) is 18.3. The highest BCUT2D eigenvalue weighted by atomic mass is 15.1. The van der Waals surface area contributed by atoms with Gasteiger partial charge in [-0.1, -0.05) is 33.4 Å². The van der Waals surface area contributed by atoms with Crippen LogP contribution in [0.25, 0.3) is 55.7 Å². The van der Waals surface area contributed by atoms with Gasteiger partial charge in [-0.05, 0) is 53.3 Å². The van der Waals surface area contributed by atoms with Crippen molar-refractivity contribution in [1.29, 1.82) is 0 Å². The van der Waals surface area contributed by atoms with Crippen LogP contribution in [0.15, 0.2) is 85.9 Å². The number of pyridine rings is 3. The van der Waals surface area contributed by atoms with Gasteiger partial charge in [0.25, 0.3) is 0 Å². The number of hydrogen-bond donors (Lipinski definition) is 3. The zero-order valence-electron chi connectivity index (χ0n) is 21.6. The molecule has 188 valence electrons. The Bertz CT molecular complexity index is 1770. The number of anilines is 1. The third-order valence-corrected chi connectivity index (χ3v) is 6.31. The van der Waals surface area contributed by atoms with Crippen molar-refractivity contribution >= 4 is 27.6 Å². The summed E-state index contributed by atoms with van der Waals surface area (Å²) in [6, 6.07) is 12.2. The lowest BCUT2D eigenvalue weighted by Crippen LogP contribution is -2.10. The number of hydrogen-bond acceptors (Lipinski definition) is 6. The smallest absolute Gasteiger partial charge is 0.159 e. The highest BCUT2D eigenvalue weighted by Crippen LogP contribution is 2.33. The van der Waals surface area contributed by atoms with Gasteiger partial charge < -0.3 is 10.3 Å². The number of nitrogens with zero attached hydrogens (tertiary/aromatic N) is 5. The fraction of sp³-hybridized carbons (Fsp3) is 0.167. The maximum absolute atomic E-state index is 4.93. The molecule has 5 aromatic heterocycles. The summed E-state index contributed by atoms with van der Waals surface area (Å²) >= 11 is 0. The first-order valence-electron chi connectivity index (χ1n) is 12.5.